The van der Waals surface area contributed by atoms with Crippen molar-refractivity contribution in [1.82, 2.24) is 9.55 Å². The average Bonchev–Trinajstić information content (AvgIpc) is 2.85. The molecular weight excluding hydrogens is 225 g/mol. The number of carbonyl (C=O) groups excluding carboxylic acids is 1. The topological polar surface area (TPSA) is 44.1 Å². The largest absolute Gasteiger partial charge is 0.436 e. The van der Waals surface area contributed by atoms with Crippen LogP contribution in [0.5, 0.6) is 0 Å². The Balaban J connectivity index is 2.04. The molecule has 88 valence electrons. The van der Waals surface area contributed by atoms with Crippen LogP contribution in [-0.2, 0) is 4.74 Å². The minimum atomic E-state index is -4.50. The first-order valence-corrected chi connectivity index (χ1v) is 4.74. The summed E-state index contributed by atoms with van der Waals surface area (Å²) in [5.41, 5.74) is 0. The molecular formula is C9H9F3N2O2. The summed E-state index contributed by atoms with van der Waals surface area (Å²) >= 11 is 0. The Bertz CT molecular complexity index is 371. The zero-order valence-electron chi connectivity index (χ0n) is 8.15. The number of imidazole rings is 1. The first-order valence-electron chi connectivity index (χ1n) is 4.74. The first-order chi connectivity index (χ1) is 7.48. The quantitative estimate of drug-likeness (QED) is 0.787. The Morgan fingerprint density at radius 1 is 1.50 bits per heavy atom. The smallest absolute Gasteiger partial charge is 0.425 e. The molecule has 1 atom stereocenters. The number of aromatic nitrogens is 2. The van der Waals surface area contributed by atoms with Gasteiger partial charge in [0.05, 0.1) is 0 Å². The predicted molar refractivity (Wildman–Crippen MR) is 46.7 cm³/mol. The zero-order chi connectivity index (χ0) is 11.8. The molecule has 7 heteroatoms. The standard InChI is InChI=1S/C9H9F3N2O2/c10-9(11,12)7(6-1-2-6)16-8(15)14-4-3-13-5-14/h3-7H,1-2H2. The lowest BCUT2D eigenvalue weighted by Gasteiger charge is -2.19. The van der Waals surface area contributed by atoms with Crippen molar-refractivity contribution in [1.29, 1.82) is 0 Å². The van der Waals surface area contributed by atoms with Gasteiger partial charge < -0.3 is 4.74 Å². The van der Waals surface area contributed by atoms with Gasteiger partial charge in [-0.25, -0.2) is 14.3 Å². The third-order valence-electron chi connectivity index (χ3n) is 2.32. The van der Waals surface area contributed by atoms with E-state index in [4.69, 9.17) is 0 Å². The molecule has 1 saturated carbocycles. The van der Waals surface area contributed by atoms with Gasteiger partial charge in [0.2, 0.25) is 6.10 Å². The molecule has 0 spiro atoms. The molecule has 2 rings (SSSR count). The van der Waals surface area contributed by atoms with E-state index in [-0.39, 0.29) is 0 Å². The van der Waals surface area contributed by atoms with E-state index >= 15 is 0 Å². The maximum atomic E-state index is 12.5. The monoisotopic (exact) mass is 234 g/mol. The second-order valence-electron chi connectivity index (χ2n) is 3.65. The van der Waals surface area contributed by atoms with E-state index < -0.39 is 24.3 Å². The number of hydrogen-bond acceptors (Lipinski definition) is 3. The van der Waals surface area contributed by atoms with Gasteiger partial charge in [-0.3, -0.25) is 0 Å². The average molecular weight is 234 g/mol. The highest BCUT2D eigenvalue weighted by atomic mass is 19.4. The normalized spacial score (nSPS) is 18.2. The first kappa shape index (κ1) is 11.0. The molecule has 1 aromatic heterocycles. The molecule has 0 bridgehead atoms. The highest BCUT2D eigenvalue weighted by Crippen LogP contribution is 2.42. The fourth-order valence-corrected chi connectivity index (χ4v) is 1.37. The van der Waals surface area contributed by atoms with Crippen molar-refractivity contribution in [3.8, 4) is 0 Å². The van der Waals surface area contributed by atoms with Gasteiger partial charge in [0.1, 0.15) is 6.33 Å². The van der Waals surface area contributed by atoms with E-state index in [9.17, 15) is 18.0 Å². The molecule has 1 aliphatic carbocycles. The third-order valence-corrected chi connectivity index (χ3v) is 2.32. The molecule has 1 unspecified atom stereocenters. The van der Waals surface area contributed by atoms with Crippen LogP contribution in [0.4, 0.5) is 18.0 Å². The lowest BCUT2D eigenvalue weighted by Crippen LogP contribution is -2.36. The second kappa shape index (κ2) is 3.80. The van der Waals surface area contributed by atoms with Gasteiger partial charge in [0.25, 0.3) is 0 Å². The van der Waals surface area contributed by atoms with Crippen LogP contribution in [0.15, 0.2) is 18.7 Å². The fourth-order valence-electron chi connectivity index (χ4n) is 1.37. The summed E-state index contributed by atoms with van der Waals surface area (Å²) in [5, 5.41) is 0. The molecule has 1 fully saturated rings. The van der Waals surface area contributed by atoms with Gasteiger partial charge in [-0.1, -0.05) is 0 Å². The molecule has 0 N–H and O–H groups in total. The lowest BCUT2D eigenvalue weighted by atomic mass is 10.2. The molecule has 0 radical (unpaired) electrons. The van der Waals surface area contributed by atoms with Crippen LogP contribution in [-0.4, -0.2) is 27.9 Å². The van der Waals surface area contributed by atoms with Crippen molar-refractivity contribution in [2.24, 2.45) is 5.92 Å². The minimum absolute atomic E-state index is 0.446. The van der Waals surface area contributed by atoms with Gasteiger partial charge >= 0.3 is 12.3 Å². The summed E-state index contributed by atoms with van der Waals surface area (Å²) in [4.78, 5) is 14.8. The van der Waals surface area contributed by atoms with Crippen molar-refractivity contribution >= 4 is 6.09 Å². The number of halogens is 3. The Morgan fingerprint density at radius 3 is 2.62 bits per heavy atom. The van der Waals surface area contributed by atoms with E-state index in [1.54, 1.807) is 0 Å². The number of rotatable bonds is 2. The molecule has 0 aromatic carbocycles. The van der Waals surface area contributed by atoms with Crippen LogP contribution in [0.1, 0.15) is 12.8 Å². The third kappa shape index (κ3) is 2.34. The Kier molecular flexibility index (Phi) is 2.61. The van der Waals surface area contributed by atoms with Gasteiger partial charge in [-0.2, -0.15) is 13.2 Å². The molecule has 1 aliphatic rings. The molecule has 0 aliphatic heterocycles. The van der Waals surface area contributed by atoms with Crippen molar-refractivity contribution < 1.29 is 22.7 Å². The molecule has 1 aromatic rings. The highest BCUT2D eigenvalue weighted by Gasteiger charge is 2.51. The molecule has 0 saturated heterocycles. The van der Waals surface area contributed by atoms with Crippen LogP contribution in [0, 0.1) is 5.92 Å². The van der Waals surface area contributed by atoms with E-state index in [0.29, 0.717) is 12.8 Å². The Morgan fingerprint density at radius 2 is 2.19 bits per heavy atom. The molecule has 16 heavy (non-hydrogen) atoms. The van der Waals surface area contributed by atoms with Crippen LogP contribution >= 0.6 is 0 Å². The highest BCUT2D eigenvalue weighted by molar-refractivity contribution is 5.70. The number of alkyl halides is 3. The lowest BCUT2D eigenvalue weighted by molar-refractivity contribution is -0.209. The van der Waals surface area contributed by atoms with Crippen LogP contribution in [0.3, 0.4) is 0 Å². The van der Waals surface area contributed by atoms with Crippen LogP contribution in [0.2, 0.25) is 0 Å². The maximum absolute atomic E-state index is 12.5. The summed E-state index contributed by atoms with van der Waals surface area (Å²) in [6.45, 7) is 0. The van der Waals surface area contributed by atoms with E-state index in [0.717, 1.165) is 10.9 Å². The van der Waals surface area contributed by atoms with Gasteiger partial charge in [0, 0.05) is 18.3 Å². The summed E-state index contributed by atoms with van der Waals surface area (Å²) in [6, 6.07) is 0. The Labute approximate surface area is 89.0 Å². The summed E-state index contributed by atoms with van der Waals surface area (Å²) in [6.07, 6.45) is -3.03. The minimum Gasteiger partial charge on any atom is -0.436 e. The fraction of sp³-hybridized carbons (Fsp3) is 0.556. The number of nitrogens with zero attached hydrogens (tertiary/aromatic N) is 2. The van der Waals surface area contributed by atoms with E-state index in [1.165, 1.54) is 12.4 Å². The predicted octanol–water partition coefficient (Wildman–Crippen LogP) is 2.21. The molecule has 0 amide bonds. The summed E-state index contributed by atoms with van der Waals surface area (Å²) in [5.74, 6) is -0.590. The maximum Gasteiger partial charge on any atom is 0.425 e. The summed E-state index contributed by atoms with van der Waals surface area (Å²) < 4.78 is 42.9. The van der Waals surface area contributed by atoms with Crippen molar-refractivity contribution in [2.75, 3.05) is 0 Å². The number of ether oxygens (including phenoxy) is 1. The van der Waals surface area contributed by atoms with Crippen LogP contribution < -0.4 is 0 Å². The van der Waals surface area contributed by atoms with Crippen LogP contribution in [0.25, 0.3) is 0 Å². The van der Waals surface area contributed by atoms with Gasteiger partial charge in [-0.15, -0.1) is 0 Å². The number of carbonyl (C=O) groups is 1. The van der Waals surface area contributed by atoms with Crippen molar-refractivity contribution in [3.05, 3.63) is 18.7 Å². The molecule has 4 nitrogen and oxygen atoms in total. The zero-order valence-corrected chi connectivity index (χ0v) is 8.15. The second-order valence-corrected chi connectivity index (χ2v) is 3.65. The SMILES string of the molecule is O=C(OC(C1CC1)C(F)(F)F)n1ccnc1. The summed E-state index contributed by atoms with van der Waals surface area (Å²) in [7, 11) is 0. The number of hydrogen-bond donors (Lipinski definition) is 0. The Hall–Kier alpha value is -1.53. The van der Waals surface area contributed by atoms with Gasteiger partial charge in [-0.05, 0) is 12.8 Å². The van der Waals surface area contributed by atoms with Crippen molar-refractivity contribution in [3.63, 3.8) is 0 Å². The van der Waals surface area contributed by atoms with E-state index in [1.807, 2.05) is 0 Å². The molecule has 1 heterocycles. The van der Waals surface area contributed by atoms with Gasteiger partial charge in [0.15, 0.2) is 0 Å². The van der Waals surface area contributed by atoms with E-state index in [2.05, 4.69) is 9.72 Å². The van der Waals surface area contributed by atoms with Crippen molar-refractivity contribution in [2.45, 2.75) is 25.1 Å².